The van der Waals surface area contributed by atoms with Crippen molar-refractivity contribution in [3.8, 4) is 41.1 Å². The van der Waals surface area contributed by atoms with E-state index in [2.05, 4.69) is 215 Å². The average molecular weight is 735 g/mol. The molecule has 0 unspecified atom stereocenters. The summed E-state index contributed by atoms with van der Waals surface area (Å²) in [5, 5.41) is 2.22. The minimum atomic E-state index is 1.14. The van der Waals surface area contributed by atoms with Crippen LogP contribution in [-0.4, -0.2) is 0 Å². The molecule has 3 aromatic heterocycles. The van der Waals surface area contributed by atoms with E-state index in [0.29, 0.717) is 0 Å². The molecule has 0 aliphatic rings. The van der Waals surface area contributed by atoms with Crippen molar-refractivity contribution in [3.63, 3.8) is 0 Å². The fourth-order valence-corrected chi connectivity index (χ4v) is 9.87. The molecule has 9 rings (SSSR count). The van der Waals surface area contributed by atoms with Crippen LogP contribution in [0.4, 0.5) is 34.1 Å². The van der Waals surface area contributed by atoms with Crippen LogP contribution >= 0.6 is 34.0 Å². The maximum atomic E-state index is 2.30. The predicted octanol–water partition coefficient (Wildman–Crippen LogP) is 15.5. The van der Waals surface area contributed by atoms with Gasteiger partial charge in [0.15, 0.2) is 0 Å². The quantitative estimate of drug-likeness (QED) is 0.138. The number of thiophene rings is 3. The zero-order chi connectivity index (χ0) is 35.4. The Morgan fingerprint density at radius 1 is 0.283 bits per heavy atom. The van der Waals surface area contributed by atoms with Gasteiger partial charge in [-0.25, -0.2) is 0 Å². The molecule has 6 aromatic carbocycles. The molecule has 0 aliphatic carbocycles. The third kappa shape index (κ3) is 6.86. The topological polar surface area (TPSA) is 6.48 Å². The largest absolute Gasteiger partial charge is 0.311 e. The van der Waals surface area contributed by atoms with Gasteiger partial charge in [-0.1, -0.05) is 97.1 Å². The minimum Gasteiger partial charge on any atom is -0.311 e. The Hall–Kier alpha value is -5.98. The third-order valence-electron chi connectivity index (χ3n) is 9.24. The Labute approximate surface area is 322 Å². The van der Waals surface area contributed by atoms with Gasteiger partial charge >= 0.3 is 0 Å². The second-order valence-electron chi connectivity index (χ2n) is 12.6. The van der Waals surface area contributed by atoms with Crippen molar-refractivity contribution in [2.75, 3.05) is 9.80 Å². The highest BCUT2D eigenvalue weighted by Gasteiger charge is 2.17. The van der Waals surface area contributed by atoms with Gasteiger partial charge in [0.05, 0.1) is 4.88 Å². The minimum absolute atomic E-state index is 1.14. The fraction of sp³-hybridized carbons (Fsp3) is 0. The summed E-state index contributed by atoms with van der Waals surface area (Å²) in [6.07, 6.45) is 0. The van der Waals surface area contributed by atoms with Gasteiger partial charge in [0.2, 0.25) is 0 Å². The van der Waals surface area contributed by atoms with Crippen LogP contribution in [0.15, 0.2) is 206 Å². The molecule has 254 valence electrons. The highest BCUT2D eigenvalue weighted by Crippen LogP contribution is 2.46. The van der Waals surface area contributed by atoms with E-state index in [4.69, 9.17) is 0 Å². The molecule has 0 saturated carbocycles. The lowest BCUT2D eigenvalue weighted by Crippen LogP contribution is -2.09. The Morgan fingerprint density at radius 2 is 0.623 bits per heavy atom. The summed E-state index contributed by atoms with van der Waals surface area (Å²) in [6, 6.07) is 71.5. The Morgan fingerprint density at radius 3 is 1.04 bits per heavy atom. The fourth-order valence-electron chi connectivity index (χ4n) is 6.70. The monoisotopic (exact) mass is 734 g/mol. The normalized spacial score (nSPS) is 11.0. The van der Waals surface area contributed by atoms with E-state index < -0.39 is 0 Å². The van der Waals surface area contributed by atoms with Crippen LogP contribution in [0.3, 0.4) is 0 Å². The van der Waals surface area contributed by atoms with E-state index in [1.165, 1.54) is 41.1 Å². The first kappa shape index (κ1) is 32.9. The lowest BCUT2D eigenvalue weighted by Gasteiger charge is -2.25. The van der Waals surface area contributed by atoms with Crippen LogP contribution in [0.5, 0.6) is 0 Å². The number of anilines is 6. The lowest BCUT2D eigenvalue weighted by atomic mass is 10.1. The van der Waals surface area contributed by atoms with Crippen LogP contribution in [-0.2, 0) is 0 Å². The zero-order valence-electron chi connectivity index (χ0n) is 28.7. The Balaban J connectivity index is 0.953. The van der Waals surface area contributed by atoms with Gasteiger partial charge in [0.25, 0.3) is 0 Å². The number of nitrogens with zero attached hydrogens (tertiary/aromatic N) is 2. The standard InChI is InChI=1S/C48H34N2S3/c1-5-13-37(14-6-1)49(38-15-7-2-8-16-38)41-25-21-35(22-26-41)44-29-31-46(52-44)43-33-34-51-48(43)47-32-30-45(53-47)36-23-27-42(28-24-36)50(39-17-9-3-10-18-39)40-19-11-4-12-20-40/h1-34H. The maximum Gasteiger partial charge on any atom is 0.0529 e. The molecular weight excluding hydrogens is 701 g/mol. The molecule has 3 heterocycles. The van der Waals surface area contributed by atoms with Gasteiger partial charge in [-0.3, -0.25) is 0 Å². The van der Waals surface area contributed by atoms with Crippen LogP contribution in [0.25, 0.3) is 41.1 Å². The summed E-state index contributed by atoms with van der Waals surface area (Å²) in [5.41, 5.74) is 10.6. The van der Waals surface area contributed by atoms with Crippen molar-refractivity contribution in [2.45, 2.75) is 0 Å². The van der Waals surface area contributed by atoms with Crippen LogP contribution in [0.2, 0.25) is 0 Å². The summed E-state index contributed by atoms with van der Waals surface area (Å²) in [6.45, 7) is 0. The van der Waals surface area contributed by atoms with Gasteiger partial charge in [-0.15, -0.1) is 34.0 Å². The van der Waals surface area contributed by atoms with E-state index in [1.807, 2.05) is 34.0 Å². The van der Waals surface area contributed by atoms with Crippen molar-refractivity contribution >= 4 is 68.1 Å². The second-order valence-corrected chi connectivity index (χ2v) is 15.7. The lowest BCUT2D eigenvalue weighted by molar-refractivity contribution is 1.28. The predicted molar refractivity (Wildman–Crippen MR) is 231 cm³/mol. The molecule has 0 saturated heterocycles. The SMILES string of the molecule is c1ccc(N(c2ccccc2)c2ccc(-c3ccc(-c4ccsc4-c4ccc(-c5ccc(N(c6ccccc6)c6ccccc6)cc5)s4)s3)cc2)cc1. The number of hydrogen-bond acceptors (Lipinski definition) is 5. The summed E-state index contributed by atoms with van der Waals surface area (Å²) in [4.78, 5) is 11.0. The van der Waals surface area contributed by atoms with Crippen molar-refractivity contribution in [1.82, 2.24) is 0 Å². The number of para-hydroxylation sites is 4. The third-order valence-corrected chi connectivity index (χ3v) is 12.6. The molecule has 5 heteroatoms. The zero-order valence-corrected chi connectivity index (χ0v) is 31.2. The molecule has 9 aromatic rings. The molecule has 2 nitrogen and oxygen atoms in total. The summed E-state index contributed by atoms with van der Waals surface area (Å²) in [7, 11) is 0. The summed E-state index contributed by atoms with van der Waals surface area (Å²) in [5.74, 6) is 0. The van der Waals surface area contributed by atoms with E-state index in [-0.39, 0.29) is 0 Å². The van der Waals surface area contributed by atoms with E-state index in [9.17, 15) is 0 Å². The first-order valence-corrected chi connectivity index (χ1v) is 20.1. The first-order valence-electron chi connectivity index (χ1n) is 17.6. The van der Waals surface area contributed by atoms with Crippen LogP contribution in [0, 0.1) is 0 Å². The second kappa shape index (κ2) is 14.9. The highest BCUT2D eigenvalue weighted by molar-refractivity contribution is 7.24. The molecule has 0 amide bonds. The van der Waals surface area contributed by atoms with Gasteiger partial charge in [-0.2, -0.15) is 0 Å². The summed E-state index contributed by atoms with van der Waals surface area (Å²) < 4.78 is 0. The molecule has 0 atom stereocenters. The van der Waals surface area contributed by atoms with E-state index in [0.717, 1.165) is 34.1 Å². The van der Waals surface area contributed by atoms with E-state index in [1.54, 1.807) is 0 Å². The molecule has 0 bridgehead atoms. The highest BCUT2D eigenvalue weighted by atomic mass is 32.1. The Kier molecular flexibility index (Phi) is 9.27. The molecular formula is C48H34N2S3. The van der Waals surface area contributed by atoms with Gasteiger partial charge < -0.3 is 9.80 Å². The molecule has 0 radical (unpaired) electrons. The molecule has 0 N–H and O–H groups in total. The van der Waals surface area contributed by atoms with Crippen molar-refractivity contribution < 1.29 is 0 Å². The number of rotatable bonds is 10. The molecule has 53 heavy (non-hydrogen) atoms. The van der Waals surface area contributed by atoms with E-state index >= 15 is 0 Å². The smallest absolute Gasteiger partial charge is 0.0529 e. The summed E-state index contributed by atoms with van der Waals surface area (Å²) >= 11 is 5.53. The van der Waals surface area contributed by atoms with Gasteiger partial charge in [0.1, 0.15) is 0 Å². The number of hydrogen-bond donors (Lipinski definition) is 0. The van der Waals surface area contributed by atoms with Crippen molar-refractivity contribution in [2.24, 2.45) is 0 Å². The molecule has 0 fully saturated rings. The van der Waals surface area contributed by atoms with Crippen LogP contribution in [0.1, 0.15) is 0 Å². The average Bonchev–Trinajstić information content (AvgIpc) is 4.03. The molecule has 0 spiro atoms. The Bertz CT molecular complexity index is 2280. The van der Waals surface area contributed by atoms with Crippen LogP contribution < -0.4 is 9.80 Å². The molecule has 0 aliphatic heterocycles. The van der Waals surface area contributed by atoms with Crippen molar-refractivity contribution in [1.29, 1.82) is 0 Å². The van der Waals surface area contributed by atoms with Gasteiger partial charge in [-0.05, 0) is 120 Å². The number of benzene rings is 6. The first-order chi connectivity index (χ1) is 26.3. The maximum absolute atomic E-state index is 2.30. The van der Waals surface area contributed by atoms with Crippen molar-refractivity contribution in [3.05, 3.63) is 206 Å². The van der Waals surface area contributed by atoms with Gasteiger partial charge in [0, 0.05) is 59.2 Å².